The average molecular weight is 314 g/mol. The molecule has 2 aromatic rings. The number of nitrogens with zero attached hydrogens (tertiary/aromatic N) is 4. The highest BCUT2D eigenvalue weighted by Gasteiger charge is 2.30. The van der Waals surface area contributed by atoms with E-state index in [1.165, 1.54) is 0 Å². The molecule has 1 aromatic carbocycles. The molecule has 0 aliphatic carbocycles. The summed E-state index contributed by atoms with van der Waals surface area (Å²) in [6.07, 6.45) is 2.94. The first-order chi connectivity index (χ1) is 11.1. The number of carboxylic acids is 1. The fourth-order valence-corrected chi connectivity index (χ4v) is 2.80. The van der Waals surface area contributed by atoms with Gasteiger partial charge in [0.2, 0.25) is 5.91 Å². The fraction of sp³-hybridized carbons (Fsp3) is 0.375. The van der Waals surface area contributed by atoms with Gasteiger partial charge in [-0.25, -0.2) is 0 Å². The monoisotopic (exact) mass is 314 g/mol. The van der Waals surface area contributed by atoms with Gasteiger partial charge in [-0.05, 0) is 18.6 Å². The SMILES string of the molecule is O=C(O)C1CCN(C(=O)CCc2nncn2-c2ccccc2)C1. The van der Waals surface area contributed by atoms with Crippen LogP contribution in [-0.2, 0) is 16.0 Å². The fourth-order valence-electron chi connectivity index (χ4n) is 2.80. The molecule has 1 aliphatic rings. The van der Waals surface area contributed by atoms with Crippen molar-refractivity contribution in [2.75, 3.05) is 13.1 Å². The minimum atomic E-state index is -0.830. The Kier molecular flexibility index (Phi) is 4.36. The van der Waals surface area contributed by atoms with E-state index in [0.29, 0.717) is 32.4 Å². The normalized spacial score (nSPS) is 17.4. The molecule has 120 valence electrons. The molecule has 1 amide bonds. The van der Waals surface area contributed by atoms with Gasteiger partial charge >= 0.3 is 5.97 Å². The van der Waals surface area contributed by atoms with E-state index in [0.717, 1.165) is 11.5 Å². The zero-order valence-corrected chi connectivity index (χ0v) is 12.6. The number of para-hydroxylation sites is 1. The van der Waals surface area contributed by atoms with Crippen molar-refractivity contribution in [3.8, 4) is 5.69 Å². The third kappa shape index (κ3) is 3.39. The molecule has 1 aliphatic heterocycles. The lowest BCUT2D eigenvalue weighted by Gasteiger charge is -2.15. The Balaban J connectivity index is 1.60. The quantitative estimate of drug-likeness (QED) is 0.894. The van der Waals surface area contributed by atoms with Crippen LogP contribution in [-0.4, -0.2) is 49.7 Å². The number of carbonyl (C=O) groups excluding carboxylic acids is 1. The Morgan fingerprint density at radius 2 is 2.04 bits per heavy atom. The number of hydrogen-bond donors (Lipinski definition) is 1. The average Bonchev–Trinajstić information content (AvgIpc) is 3.22. The second kappa shape index (κ2) is 6.60. The van der Waals surface area contributed by atoms with Gasteiger partial charge in [-0.1, -0.05) is 18.2 Å². The van der Waals surface area contributed by atoms with Crippen LogP contribution in [0.4, 0.5) is 0 Å². The molecule has 1 N–H and O–H groups in total. The Labute approximate surface area is 133 Å². The lowest BCUT2D eigenvalue weighted by Crippen LogP contribution is -2.30. The molecule has 7 nitrogen and oxygen atoms in total. The highest BCUT2D eigenvalue weighted by Crippen LogP contribution is 2.18. The third-order valence-corrected chi connectivity index (χ3v) is 4.11. The summed E-state index contributed by atoms with van der Waals surface area (Å²) in [7, 11) is 0. The zero-order valence-electron chi connectivity index (χ0n) is 12.6. The molecular weight excluding hydrogens is 296 g/mol. The minimum absolute atomic E-state index is 0.0311. The number of aryl methyl sites for hydroxylation is 1. The standard InChI is InChI=1S/C16H18N4O3/c21-15(19-9-8-12(10-19)16(22)23)7-6-14-18-17-11-20(14)13-4-2-1-3-5-13/h1-5,11-12H,6-10H2,(H,22,23). The van der Waals surface area contributed by atoms with E-state index in [2.05, 4.69) is 10.2 Å². The summed E-state index contributed by atoms with van der Waals surface area (Å²) in [5, 5.41) is 17.0. The maximum Gasteiger partial charge on any atom is 0.308 e. The summed E-state index contributed by atoms with van der Waals surface area (Å²) in [6, 6.07) is 9.70. The minimum Gasteiger partial charge on any atom is -0.481 e. The van der Waals surface area contributed by atoms with E-state index in [1.54, 1.807) is 11.2 Å². The smallest absolute Gasteiger partial charge is 0.308 e. The zero-order chi connectivity index (χ0) is 16.2. The van der Waals surface area contributed by atoms with E-state index in [-0.39, 0.29) is 5.91 Å². The van der Waals surface area contributed by atoms with Crippen molar-refractivity contribution in [3.05, 3.63) is 42.5 Å². The lowest BCUT2D eigenvalue weighted by molar-refractivity contribution is -0.141. The van der Waals surface area contributed by atoms with Crippen LogP contribution in [0.1, 0.15) is 18.7 Å². The summed E-state index contributed by atoms with van der Waals surface area (Å²) < 4.78 is 1.86. The number of benzene rings is 1. The van der Waals surface area contributed by atoms with Crippen LogP contribution >= 0.6 is 0 Å². The topological polar surface area (TPSA) is 88.3 Å². The molecule has 0 saturated carbocycles. The number of amides is 1. The van der Waals surface area contributed by atoms with Gasteiger partial charge in [-0.3, -0.25) is 14.2 Å². The van der Waals surface area contributed by atoms with Gasteiger partial charge < -0.3 is 10.0 Å². The van der Waals surface area contributed by atoms with Gasteiger partial charge in [0.15, 0.2) is 0 Å². The van der Waals surface area contributed by atoms with Crippen molar-refractivity contribution >= 4 is 11.9 Å². The van der Waals surface area contributed by atoms with Gasteiger partial charge in [0.25, 0.3) is 0 Å². The molecule has 1 aromatic heterocycles. The van der Waals surface area contributed by atoms with Gasteiger partial charge in [0.05, 0.1) is 5.92 Å². The van der Waals surface area contributed by atoms with Crippen LogP contribution in [0, 0.1) is 5.92 Å². The van der Waals surface area contributed by atoms with Crippen LogP contribution < -0.4 is 0 Å². The number of likely N-dealkylation sites (tertiary alicyclic amines) is 1. The maximum absolute atomic E-state index is 12.2. The van der Waals surface area contributed by atoms with Crippen LogP contribution in [0.5, 0.6) is 0 Å². The summed E-state index contributed by atoms with van der Waals surface area (Å²) >= 11 is 0. The largest absolute Gasteiger partial charge is 0.481 e. The number of aliphatic carboxylic acids is 1. The Hall–Kier alpha value is -2.70. The molecule has 1 saturated heterocycles. The number of rotatable bonds is 5. The number of carbonyl (C=O) groups is 2. The maximum atomic E-state index is 12.2. The number of aromatic nitrogens is 3. The van der Waals surface area contributed by atoms with Crippen molar-refractivity contribution in [3.63, 3.8) is 0 Å². The van der Waals surface area contributed by atoms with Gasteiger partial charge in [-0.2, -0.15) is 0 Å². The van der Waals surface area contributed by atoms with Crippen LogP contribution in [0.15, 0.2) is 36.7 Å². The molecule has 0 bridgehead atoms. The van der Waals surface area contributed by atoms with E-state index < -0.39 is 11.9 Å². The number of carboxylic acid groups (broad SMARTS) is 1. The van der Waals surface area contributed by atoms with E-state index in [4.69, 9.17) is 5.11 Å². The predicted molar refractivity (Wildman–Crippen MR) is 82.0 cm³/mol. The molecule has 0 spiro atoms. The summed E-state index contributed by atoms with van der Waals surface area (Å²) in [4.78, 5) is 24.8. The molecule has 0 radical (unpaired) electrons. The van der Waals surface area contributed by atoms with Crippen molar-refractivity contribution in [1.29, 1.82) is 0 Å². The van der Waals surface area contributed by atoms with Gasteiger partial charge in [0.1, 0.15) is 12.2 Å². The van der Waals surface area contributed by atoms with Crippen LogP contribution in [0.2, 0.25) is 0 Å². The Morgan fingerprint density at radius 1 is 1.26 bits per heavy atom. The first-order valence-electron chi connectivity index (χ1n) is 7.60. The first-order valence-corrected chi connectivity index (χ1v) is 7.60. The molecule has 3 rings (SSSR count). The van der Waals surface area contributed by atoms with Crippen molar-refractivity contribution in [2.24, 2.45) is 5.92 Å². The van der Waals surface area contributed by atoms with Crippen LogP contribution in [0.25, 0.3) is 5.69 Å². The molecule has 1 fully saturated rings. The highest BCUT2D eigenvalue weighted by atomic mass is 16.4. The lowest BCUT2D eigenvalue weighted by atomic mass is 10.1. The van der Waals surface area contributed by atoms with Gasteiger partial charge in [-0.15, -0.1) is 10.2 Å². The molecule has 1 unspecified atom stereocenters. The Morgan fingerprint density at radius 3 is 2.74 bits per heavy atom. The summed E-state index contributed by atoms with van der Waals surface area (Å²) in [5.74, 6) is -0.578. The van der Waals surface area contributed by atoms with Crippen molar-refractivity contribution < 1.29 is 14.7 Å². The van der Waals surface area contributed by atoms with Crippen LogP contribution in [0.3, 0.4) is 0 Å². The second-order valence-corrected chi connectivity index (χ2v) is 5.62. The Bertz CT molecular complexity index is 698. The summed E-state index contributed by atoms with van der Waals surface area (Å²) in [6.45, 7) is 0.820. The van der Waals surface area contributed by atoms with Crippen molar-refractivity contribution in [1.82, 2.24) is 19.7 Å². The van der Waals surface area contributed by atoms with Gasteiger partial charge in [0, 0.05) is 31.6 Å². The highest BCUT2D eigenvalue weighted by molar-refractivity contribution is 5.78. The third-order valence-electron chi connectivity index (χ3n) is 4.11. The molecule has 7 heteroatoms. The number of hydrogen-bond acceptors (Lipinski definition) is 4. The molecule has 1 atom stereocenters. The first kappa shape index (κ1) is 15.2. The molecule has 23 heavy (non-hydrogen) atoms. The van der Waals surface area contributed by atoms with E-state index in [9.17, 15) is 9.59 Å². The van der Waals surface area contributed by atoms with Crippen molar-refractivity contribution in [2.45, 2.75) is 19.3 Å². The van der Waals surface area contributed by atoms with E-state index in [1.807, 2.05) is 34.9 Å². The molecular formula is C16H18N4O3. The second-order valence-electron chi connectivity index (χ2n) is 5.62. The predicted octanol–water partition coefficient (Wildman–Crippen LogP) is 1.13. The van der Waals surface area contributed by atoms with E-state index >= 15 is 0 Å². The molecule has 2 heterocycles. The summed E-state index contributed by atoms with van der Waals surface area (Å²) in [5.41, 5.74) is 0.951.